The Labute approximate surface area is 219 Å². The van der Waals surface area contributed by atoms with Gasteiger partial charge in [-0.2, -0.15) is 0 Å². The first-order valence-corrected chi connectivity index (χ1v) is 13.3. The van der Waals surface area contributed by atoms with Gasteiger partial charge in [-0.05, 0) is 54.2 Å². The van der Waals surface area contributed by atoms with Crippen molar-refractivity contribution in [2.24, 2.45) is 0 Å². The predicted octanol–water partition coefficient (Wildman–Crippen LogP) is 5.47. The van der Waals surface area contributed by atoms with Crippen LogP contribution in [0.15, 0.2) is 72.8 Å². The molecule has 0 saturated heterocycles. The monoisotopic (exact) mass is 497 g/mol. The van der Waals surface area contributed by atoms with Crippen LogP contribution in [0.1, 0.15) is 59.2 Å². The van der Waals surface area contributed by atoms with Crippen LogP contribution in [-0.2, 0) is 29.1 Å². The molecule has 1 aliphatic carbocycles. The molecule has 0 bridgehead atoms. The fourth-order valence-corrected chi connectivity index (χ4v) is 5.32. The molecule has 5 rings (SSSR count). The number of benzene rings is 3. The molecule has 0 radical (unpaired) electrons. The summed E-state index contributed by atoms with van der Waals surface area (Å²) in [5.41, 5.74) is 5.79. The average Bonchev–Trinajstić information content (AvgIpc) is 2.94. The molecular weight excluding hydrogens is 462 g/mol. The van der Waals surface area contributed by atoms with Crippen LogP contribution < -0.4 is 15.5 Å². The maximum absolute atomic E-state index is 13.5. The van der Waals surface area contributed by atoms with Crippen LogP contribution in [-0.4, -0.2) is 31.0 Å². The second-order valence-electron chi connectivity index (χ2n) is 10.0. The summed E-state index contributed by atoms with van der Waals surface area (Å²) in [6, 6.07) is 24.1. The SMILES string of the molecule is O=C(COCc1ccccc1)Nc1ccc(N2CCc3ccccc3C2)c(C(=O)NC2CCCCC2)c1. The van der Waals surface area contributed by atoms with Gasteiger partial charge in [-0.3, -0.25) is 9.59 Å². The van der Waals surface area contributed by atoms with E-state index >= 15 is 0 Å². The van der Waals surface area contributed by atoms with Crippen molar-refractivity contribution in [1.29, 1.82) is 0 Å². The third-order valence-electron chi connectivity index (χ3n) is 7.28. The van der Waals surface area contributed by atoms with Crippen molar-refractivity contribution in [3.63, 3.8) is 0 Å². The lowest BCUT2D eigenvalue weighted by molar-refractivity contribution is -0.121. The Morgan fingerprint density at radius 1 is 0.892 bits per heavy atom. The van der Waals surface area contributed by atoms with Gasteiger partial charge in [0.2, 0.25) is 5.91 Å². The Bertz CT molecular complexity index is 1220. The summed E-state index contributed by atoms with van der Waals surface area (Å²) in [5.74, 6) is -0.314. The molecule has 6 nitrogen and oxygen atoms in total. The molecule has 192 valence electrons. The molecule has 1 aliphatic heterocycles. The number of fused-ring (bicyclic) bond motifs is 1. The third-order valence-corrected chi connectivity index (χ3v) is 7.28. The van der Waals surface area contributed by atoms with E-state index in [1.54, 1.807) is 0 Å². The Morgan fingerprint density at radius 3 is 2.46 bits per heavy atom. The van der Waals surface area contributed by atoms with E-state index in [-0.39, 0.29) is 24.5 Å². The Morgan fingerprint density at radius 2 is 1.65 bits per heavy atom. The molecule has 2 amide bonds. The fraction of sp³-hybridized carbons (Fsp3) is 0.355. The fourth-order valence-electron chi connectivity index (χ4n) is 5.32. The van der Waals surface area contributed by atoms with E-state index in [4.69, 9.17) is 4.74 Å². The van der Waals surface area contributed by atoms with Gasteiger partial charge in [-0.15, -0.1) is 0 Å². The van der Waals surface area contributed by atoms with Gasteiger partial charge in [0.25, 0.3) is 5.91 Å². The van der Waals surface area contributed by atoms with Crippen LogP contribution in [0.5, 0.6) is 0 Å². The van der Waals surface area contributed by atoms with Gasteiger partial charge in [0.15, 0.2) is 0 Å². The minimum Gasteiger partial charge on any atom is -0.367 e. The van der Waals surface area contributed by atoms with E-state index in [1.807, 2.05) is 48.5 Å². The van der Waals surface area contributed by atoms with E-state index in [2.05, 4.69) is 39.8 Å². The lowest BCUT2D eigenvalue weighted by atomic mass is 9.95. The van der Waals surface area contributed by atoms with Crippen molar-refractivity contribution in [2.45, 2.75) is 57.7 Å². The number of ether oxygens (including phenoxy) is 1. The normalized spacial score (nSPS) is 15.6. The van der Waals surface area contributed by atoms with E-state index < -0.39 is 0 Å². The van der Waals surface area contributed by atoms with Gasteiger partial charge in [0.05, 0.1) is 12.2 Å². The van der Waals surface area contributed by atoms with Crippen LogP contribution in [0, 0.1) is 0 Å². The molecule has 0 spiro atoms. The van der Waals surface area contributed by atoms with E-state index in [9.17, 15) is 9.59 Å². The molecule has 1 saturated carbocycles. The zero-order valence-electron chi connectivity index (χ0n) is 21.2. The maximum Gasteiger partial charge on any atom is 0.253 e. The van der Waals surface area contributed by atoms with Crippen molar-refractivity contribution in [1.82, 2.24) is 5.32 Å². The summed E-state index contributed by atoms with van der Waals surface area (Å²) in [5, 5.41) is 6.17. The second kappa shape index (κ2) is 12.1. The highest BCUT2D eigenvalue weighted by molar-refractivity contribution is 6.02. The topological polar surface area (TPSA) is 70.7 Å². The standard InChI is InChI=1S/C31H35N3O3/c35-30(22-37-21-23-9-3-1-4-10-23)32-27-15-16-29(34-18-17-24-11-7-8-12-25(24)20-34)28(19-27)31(36)33-26-13-5-2-6-14-26/h1,3-4,7-12,15-16,19,26H,2,5-6,13-14,17-18,20-22H2,(H,32,35)(H,33,36). The van der Waals surface area contributed by atoms with Gasteiger partial charge in [-0.25, -0.2) is 0 Å². The van der Waals surface area contributed by atoms with E-state index in [0.29, 0.717) is 17.9 Å². The van der Waals surface area contributed by atoms with Crippen LogP contribution >= 0.6 is 0 Å². The highest BCUT2D eigenvalue weighted by Crippen LogP contribution is 2.30. The second-order valence-corrected chi connectivity index (χ2v) is 10.0. The average molecular weight is 498 g/mol. The molecule has 1 heterocycles. The zero-order valence-corrected chi connectivity index (χ0v) is 21.2. The molecule has 0 atom stereocenters. The summed E-state index contributed by atoms with van der Waals surface area (Å²) < 4.78 is 5.58. The number of nitrogens with one attached hydrogen (secondary N) is 2. The van der Waals surface area contributed by atoms with Gasteiger partial charge in [0.1, 0.15) is 6.61 Å². The summed E-state index contributed by atoms with van der Waals surface area (Å²) in [7, 11) is 0. The summed E-state index contributed by atoms with van der Waals surface area (Å²) in [6.45, 7) is 1.93. The largest absolute Gasteiger partial charge is 0.367 e. The van der Waals surface area contributed by atoms with Crippen molar-refractivity contribution in [3.8, 4) is 0 Å². The number of hydrogen-bond donors (Lipinski definition) is 2. The minimum atomic E-state index is -0.241. The molecule has 1 fully saturated rings. The van der Waals surface area contributed by atoms with Gasteiger partial charge >= 0.3 is 0 Å². The quantitative estimate of drug-likeness (QED) is 0.433. The van der Waals surface area contributed by atoms with E-state index in [1.165, 1.54) is 17.5 Å². The number of carbonyl (C=O) groups is 2. The number of amides is 2. The number of carbonyl (C=O) groups excluding carboxylic acids is 2. The Kier molecular flexibility index (Phi) is 8.16. The van der Waals surface area contributed by atoms with Crippen LogP contribution in [0.2, 0.25) is 0 Å². The van der Waals surface area contributed by atoms with Crippen LogP contribution in [0.25, 0.3) is 0 Å². The van der Waals surface area contributed by atoms with Gasteiger partial charge in [-0.1, -0.05) is 73.9 Å². The van der Waals surface area contributed by atoms with Crippen molar-refractivity contribution < 1.29 is 14.3 Å². The molecule has 2 N–H and O–H groups in total. The number of nitrogens with zero attached hydrogens (tertiary/aromatic N) is 1. The number of rotatable bonds is 8. The molecule has 2 aliphatic rings. The number of hydrogen-bond acceptors (Lipinski definition) is 4. The zero-order chi connectivity index (χ0) is 25.5. The van der Waals surface area contributed by atoms with Gasteiger partial charge < -0.3 is 20.3 Å². The highest BCUT2D eigenvalue weighted by Gasteiger charge is 2.24. The third kappa shape index (κ3) is 6.57. The molecule has 3 aromatic carbocycles. The molecule has 0 unspecified atom stereocenters. The molecular formula is C31H35N3O3. The van der Waals surface area contributed by atoms with Crippen molar-refractivity contribution in [2.75, 3.05) is 23.4 Å². The molecule has 37 heavy (non-hydrogen) atoms. The lowest BCUT2D eigenvalue weighted by Gasteiger charge is -2.32. The molecule has 3 aromatic rings. The van der Waals surface area contributed by atoms with Crippen molar-refractivity contribution >= 4 is 23.2 Å². The summed E-state index contributed by atoms with van der Waals surface area (Å²) in [4.78, 5) is 28.4. The smallest absolute Gasteiger partial charge is 0.253 e. The highest BCUT2D eigenvalue weighted by atomic mass is 16.5. The summed E-state index contributed by atoms with van der Waals surface area (Å²) >= 11 is 0. The molecule has 6 heteroatoms. The first-order valence-electron chi connectivity index (χ1n) is 13.3. The van der Waals surface area contributed by atoms with E-state index in [0.717, 1.165) is 56.4 Å². The molecule has 0 aromatic heterocycles. The van der Waals surface area contributed by atoms with Gasteiger partial charge in [0, 0.05) is 30.5 Å². The predicted molar refractivity (Wildman–Crippen MR) is 147 cm³/mol. The number of anilines is 2. The van der Waals surface area contributed by atoms with Crippen LogP contribution in [0.4, 0.5) is 11.4 Å². The van der Waals surface area contributed by atoms with Crippen molar-refractivity contribution in [3.05, 3.63) is 95.1 Å². The first kappa shape index (κ1) is 25.0. The van der Waals surface area contributed by atoms with Crippen LogP contribution in [0.3, 0.4) is 0 Å². The minimum absolute atomic E-state index is 0.0524. The Hall–Kier alpha value is -3.64. The maximum atomic E-state index is 13.5. The summed E-state index contributed by atoms with van der Waals surface area (Å²) in [6.07, 6.45) is 6.52. The Balaban J connectivity index is 1.30. The first-order chi connectivity index (χ1) is 18.2. The lowest BCUT2D eigenvalue weighted by Crippen LogP contribution is -2.38.